The molecule has 0 bridgehead atoms. The molecular formula is C20H15FN6O5. The summed E-state index contributed by atoms with van der Waals surface area (Å²) < 4.78 is 24.7. The Morgan fingerprint density at radius 3 is 2.62 bits per heavy atom. The molecule has 1 amide bonds. The van der Waals surface area contributed by atoms with Gasteiger partial charge in [-0.05, 0) is 48.5 Å². The van der Waals surface area contributed by atoms with E-state index in [2.05, 4.69) is 20.6 Å². The lowest BCUT2D eigenvalue weighted by Gasteiger charge is -2.05. The van der Waals surface area contributed by atoms with Crippen molar-refractivity contribution in [3.8, 4) is 17.1 Å². The fourth-order valence-electron chi connectivity index (χ4n) is 2.69. The molecule has 11 nitrogen and oxygen atoms in total. The number of benzene rings is 2. The van der Waals surface area contributed by atoms with Crippen LogP contribution in [0.15, 0.2) is 65.4 Å². The Morgan fingerprint density at radius 1 is 1.19 bits per heavy atom. The fourth-order valence-corrected chi connectivity index (χ4v) is 2.69. The molecule has 0 aliphatic rings. The number of carbonyl (C=O) groups is 1. The number of amides is 1. The van der Waals surface area contributed by atoms with Crippen molar-refractivity contribution < 1.29 is 23.4 Å². The van der Waals surface area contributed by atoms with Gasteiger partial charge in [0.2, 0.25) is 11.7 Å². The van der Waals surface area contributed by atoms with E-state index < -0.39 is 10.8 Å². The van der Waals surface area contributed by atoms with Gasteiger partial charge in [0.15, 0.2) is 6.61 Å². The summed E-state index contributed by atoms with van der Waals surface area (Å²) in [6.07, 6.45) is 2.25. The Bertz CT molecular complexity index is 1240. The molecular weight excluding hydrogens is 423 g/mol. The van der Waals surface area contributed by atoms with E-state index in [0.717, 1.165) is 6.20 Å². The Labute approximate surface area is 179 Å². The maximum Gasteiger partial charge on any atom is 0.307 e. The number of rotatable bonds is 8. The first kappa shape index (κ1) is 20.7. The molecule has 32 heavy (non-hydrogen) atoms. The van der Waals surface area contributed by atoms with Crippen molar-refractivity contribution in [3.05, 3.63) is 82.7 Å². The lowest BCUT2D eigenvalue weighted by atomic mass is 10.2. The van der Waals surface area contributed by atoms with Crippen molar-refractivity contribution in [2.24, 2.45) is 0 Å². The smallest absolute Gasteiger partial charge is 0.307 e. The number of aromatic nitrogens is 4. The summed E-state index contributed by atoms with van der Waals surface area (Å²) in [6, 6.07) is 12.3. The van der Waals surface area contributed by atoms with Crippen molar-refractivity contribution in [3.63, 3.8) is 0 Å². The van der Waals surface area contributed by atoms with Gasteiger partial charge < -0.3 is 14.6 Å². The Balaban J connectivity index is 1.32. The van der Waals surface area contributed by atoms with Gasteiger partial charge in [-0.1, -0.05) is 5.16 Å². The minimum absolute atomic E-state index is 0.0262. The second-order valence-corrected chi connectivity index (χ2v) is 6.53. The molecule has 4 rings (SSSR count). The van der Waals surface area contributed by atoms with Crippen molar-refractivity contribution in [2.75, 3.05) is 5.32 Å². The second kappa shape index (κ2) is 9.04. The van der Waals surface area contributed by atoms with Crippen molar-refractivity contribution >= 4 is 17.3 Å². The van der Waals surface area contributed by atoms with Crippen LogP contribution in [0.3, 0.4) is 0 Å². The first-order chi connectivity index (χ1) is 15.5. The van der Waals surface area contributed by atoms with Crippen LogP contribution in [-0.2, 0) is 17.9 Å². The molecule has 162 valence electrons. The van der Waals surface area contributed by atoms with Crippen LogP contribution in [0.4, 0.5) is 15.8 Å². The minimum Gasteiger partial charge on any atom is -0.484 e. The largest absolute Gasteiger partial charge is 0.484 e. The molecule has 0 aliphatic heterocycles. The number of hydrogen-bond donors (Lipinski definition) is 1. The summed E-state index contributed by atoms with van der Waals surface area (Å²) in [5.41, 5.74) is 0.982. The topological polar surface area (TPSA) is 138 Å². The van der Waals surface area contributed by atoms with Gasteiger partial charge in [0.25, 0.3) is 5.89 Å². The lowest BCUT2D eigenvalue weighted by molar-refractivity contribution is -0.385. The average Bonchev–Trinajstić information content (AvgIpc) is 3.44. The van der Waals surface area contributed by atoms with E-state index in [0.29, 0.717) is 22.8 Å². The number of nitro groups is 1. The number of halogens is 1. The van der Waals surface area contributed by atoms with E-state index in [-0.39, 0.29) is 30.5 Å². The molecule has 0 atom stereocenters. The maximum absolute atomic E-state index is 12.9. The molecule has 2 aromatic heterocycles. The third-order valence-corrected chi connectivity index (χ3v) is 4.21. The first-order valence-corrected chi connectivity index (χ1v) is 9.24. The van der Waals surface area contributed by atoms with Crippen molar-refractivity contribution in [2.45, 2.75) is 13.2 Å². The Kier molecular flexibility index (Phi) is 5.83. The van der Waals surface area contributed by atoms with E-state index in [1.807, 2.05) is 0 Å². The average molecular weight is 438 g/mol. The second-order valence-electron chi connectivity index (χ2n) is 6.53. The number of carbonyl (C=O) groups excluding carboxylic acids is 1. The molecule has 0 spiro atoms. The molecule has 2 aromatic carbocycles. The van der Waals surface area contributed by atoms with Crippen LogP contribution >= 0.6 is 0 Å². The maximum atomic E-state index is 12.9. The van der Waals surface area contributed by atoms with Gasteiger partial charge in [-0.3, -0.25) is 19.6 Å². The lowest BCUT2D eigenvalue weighted by Crippen LogP contribution is -2.18. The normalized spacial score (nSPS) is 10.7. The predicted octanol–water partition coefficient (Wildman–Crippen LogP) is 3.20. The minimum atomic E-state index is -0.585. The van der Waals surface area contributed by atoms with E-state index in [1.165, 1.54) is 35.1 Å². The van der Waals surface area contributed by atoms with Crippen LogP contribution in [0.2, 0.25) is 0 Å². The molecule has 2 heterocycles. The van der Waals surface area contributed by atoms with Gasteiger partial charge in [0.05, 0.1) is 4.92 Å². The summed E-state index contributed by atoms with van der Waals surface area (Å²) in [6.45, 7) is -0.143. The van der Waals surface area contributed by atoms with Crippen LogP contribution < -0.4 is 10.1 Å². The van der Waals surface area contributed by atoms with Crippen molar-refractivity contribution in [1.29, 1.82) is 0 Å². The third kappa shape index (κ3) is 5.11. The standard InChI is InChI=1S/C20H15FN6O5/c21-14-3-7-17(8-4-14)31-12-19-24-20(25-32-19)13-1-5-15(6-2-13)23-18(28)11-26-10-16(9-22-26)27(29)30/h1-10H,11-12H2,(H,23,28). The van der Waals surface area contributed by atoms with Crippen LogP contribution in [-0.4, -0.2) is 30.8 Å². The third-order valence-electron chi connectivity index (χ3n) is 4.21. The molecule has 1 N–H and O–H groups in total. The summed E-state index contributed by atoms with van der Waals surface area (Å²) in [5, 5.41) is 21.0. The summed E-state index contributed by atoms with van der Waals surface area (Å²) >= 11 is 0. The number of nitrogens with one attached hydrogen (secondary N) is 1. The summed E-state index contributed by atoms with van der Waals surface area (Å²) in [7, 11) is 0. The molecule has 0 saturated heterocycles. The van der Waals surface area contributed by atoms with E-state index in [4.69, 9.17) is 9.26 Å². The highest BCUT2D eigenvalue weighted by atomic mass is 19.1. The number of hydrogen-bond acceptors (Lipinski definition) is 8. The van der Waals surface area contributed by atoms with Crippen LogP contribution in [0, 0.1) is 15.9 Å². The van der Waals surface area contributed by atoms with Gasteiger partial charge in [-0.25, -0.2) is 4.39 Å². The summed E-state index contributed by atoms with van der Waals surface area (Å²) in [5.74, 6) is 0.299. The first-order valence-electron chi connectivity index (χ1n) is 9.24. The zero-order valence-electron chi connectivity index (χ0n) is 16.3. The zero-order valence-corrected chi connectivity index (χ0v) is 16.3. The molecule has 0 saturated carbocycles. The zero-order chi connectivity index (χ0) is 22.5. The number of ether oxygens (including phenoxy) is 1. The SMILES string of the molecule is O=C(Cn1cc([N+](=O)[O-])cn1)Nc1ccc(-c2noc(COc3ccc(F)cc3)n2)cc1. The highest BCUT2D eigenvalue weighted by Gasteiger charge is 2.12. The van der Waals surface area contributed by atoms with Gasteiger partial charge >= 0.3 is 5.69 Å². The molecule has 0 radical (unpaired) electrons. The Hall–Kier alpha value is -4.61. The molecule has 12 heteroatoms. The van der Waals surface area contributed by atoms with Crippen LogP contribution in [0.25, 0.3) is 11.4 Å². The van der Waals surface area contributed by atoms with E-state index in [1.54, 1.807) is 24.3 Å². The van der Waals surface area contributed by atoms with Crippen LogP contribution in [0.5, 0.6) is 5.75 Å². The van der Waals surface area contributed by atoms with E-state index in [9.17, 15) is 19.3 Å². The monoisotopic (exact) mass is 438 g/mol. The quantitative estimate of drug-likeness (QED) is 0.327. The molecule has 0 aliphatic carbocycles. The van der Waals surface area contributed by atoms with Gasteiger partial charge in [0.1, 0.15) is 30.5 Å². The molecule has 0 fully saturated rings. The van der Waals surface area contributed by atoms with Gasteiger partial charge in [-0.15, -0.1) is 0 Å². The fraction of sp³-hybridized carbons (Fsp3) is 0.100. The highest BCUT2D eigenvalue weighted by Crippen LogP contribution is 2.20. The molecule has 0 unspecified atom stereocenters. The Morgan fingerprint density at radius 2 is 1.94 bits per heavy atom. The van der Waals surface area contributed by atoms with Gasteiger partial charge in [-0.2, -0.15) is 10.1 Å². The van der Waals surface area contributed by atoms with Crippen LogP contribution in [0.1, 0.15) is 5.89 Å². The highest BCUT2D eigenvalue weighted by molar-refractivity contribution is 5.90. The number of nitrogens with zero attached hydrogens (tertiary/aromatic N) is 5. The predicted molar refractivity (Wildman–Crippen MR) is 108 cm³/mol. The van der Waals surface area contributed by atoms with E-state index >= 15 is 0 Å². The molecule has 4 aromatic rings. The summed E-state index contributed by atoms with van der Waals surface area (Å²) in [4.78, 5) is 26.4. The van der Waals surface area contributed by atoms with Gasteiger partial charge in [0, 0.05) is 11.3 Å². The number of anilines is 1. The van der Waals surface area contributed by atoms with Crippen molar-refractivity contribution in [1.82, 2.24) is 19.9 Å².